The zero-order valence-electron chi connectivity index (χ0n) is 22.5. The lowest BCUT2D eigenvalue weighted by Gasteiger charge is -2.53. The Bertz CT molecular complexity index is 880. The molecule has 36 heavy (non-hydrogen) atoms. The molecule has 0 amide bonds. The Kier molecular flexibility index (Phi) is 6.46. The van der Waals surface area contributed by atoms with Gasteiger partial charge in [0.25, 0.3) is 0 Å². The molecule has 3 saturated heterocycles. The highest BCUT2D eigenvalue weighted by Crippen LogP contribution is 2.55. The van der Waals surface area contributed by atoms with Crippen molar-refractivity contribution in [1.82, 2.24) is 0 Å². The SMILES string of the molecule is CC1(C)O[C@H]2O[C@H]3[C@H](OC[C@H]4[C@@H]3C3=C(CC5(CCCCCCCCCCC5)OC3=O)OC4(C)C)[C@H]2O1. The number of fused-ring (bicyclic) bond motifs is 6. The van der Waals surface area contributed by atoms with Crippen LogP contribution in [-0.4, -0.2) is 54.2 Å². The monoisotopic (exact) mass is 504 g/mol. The van der Waals surface area contributed by atoms with Crippen LogP contribution in [-0.2, 0) is 33.2 Å². The highest BCUT2D eigenvalue weighted by Gasteiger charge is 2.65. The molecule has 202 valence electrons. The predicted molar refractivity (Wildman–Crippen MR) is 132 cm³/mol. The van der Waals surface area contributed by atoms with E-state index in [0.29, 0.717) is 18.6 Å². The number of carbonyl (C=O) groups is 1. The van der Waals surface area contributed by atoms with Crippen molar-refractivity contribution >= 4 is 5.97 Å². The minimum atomic E-state index is -0.705. The first-order chi connectivity index (χ1) is 17.2. The Hall–Kier alpha value is -1.15. The number of ether oxygens (including phenoxy) is 6. The molecule has 1 saturated carbocycles. The molecule has 7 nitrogen and oxygen atoms in total. The van der Waals surface area contributed by atoms with Crippen LogP contribution in [0.4, 0.5) is 0 Å². The zero-order valence-corrected chi connectivity index (χ0v) is 22.5. The maximum atomic E-state index is 13.9. The molecule has 4 fully saturated rings. The standard InChI is InChI=1S/C29H44O7/c1-27(2)18-17-31-23-22(32-26-24(23)34-28(3,4)36-26)20(18)21-19(33-27)16-29(35-25(21)30)14-12-10-8-6-5-7-9-11-13-15-29/h18,20,22-24,26H,5-17H2,1-4H3/t18-,20+,22+,23-,24+,26+/m0/s1. The van der Waals surface area contributed by atoms with Gasteiger partial charge in [0.2, 0.25) is 0 Å². The average Bonchev–Trinajstić information content (AvgIpc) is 3.27. The minimum Gasteiger partial charge on any atom is -0.491 e. The highest BCUT2D eigenvalue weighted by atomic mass is 16.8. The Morgan fingerprint density at radius 2 is 1.39 bits per heavy atom. The van der Waals surface area contributed by atoms with Crippen LogP contribution in [0.15, 0.2) is 11.3 Å². The molecule has 0 aromatic rings. The molecular formula is C29H44O7. The molecule has 1 aliphatic carbocycles. The second-order valence-electron chi connectivity index (χ2n) is 13.0. The fourth-order valence-corrected chi connectivity index (χ4v) is 7.66. The third-order valence-electron chi connectivity index (χ3n) is 9.47. The van der Waals surface area contributed by atoms with Crippen molar-refractivity contribution in [3.05, 3.63) is 11.3 Å². The molecule has 6 rings (SSSR count). The molecule has 5 heterocycles. The van der Waals surface area contributed by atoms with E-state index in [0.717, 1.165) is 31.4 Å². The van der Waals surface area contributed by atoms with Crippen molar-refractivity contribution in [2.45, 2.75) is 146 Å². The van der Waals surface area contributed by atoms with Crippen molar-refractivity contribution in [2.24, 2.45) is 11.8 Å². The molecule has 5 aliphatic heterocycles. The van der Waals surface area contributed by atoms with Crippen LogP contribution < -0.4 is 0 Å². The molecule has 0 aromatic carbocycles. The topological polar surface area (TPSA) is 72.5 Å². The van der Waals surface area contributed by atoms with E-state index >= 15 is 0 Å². The van der Waals surface area contributed by atoms with Gasteiger partial charge in [0.1, 0.15) is 29.2 Å². The summed E-state index contributed by atoms with van der Waals surface area (Å²) in [6.45, 7) is 8.53. The molecule has 0 bridgehead atoms. The van der Waals surface area contributed by atoms with Crippen LogP contribution in [0.3, 0.4) is 0 Å². The van der Waals surface area contributed by atoms with E-state index in [1.165, 1.54) is 44.9 Å². The Labute approximate surface area is 215 Å². The van der Waals surface area contributed by atoms with Crippen LogP contribution in [0.1, 0.15) is 105 Å². The number of rotatable bonds is 0. The van der Waals surface area contributed by atoms with Crippen molar-refractivity contribution in [3.8, 4) is 0 Å². The van der Waals surface area contributed by atoms with Gasteiger partial charge in [-0.15, -0.1) is 0 Å². The predicted octanol–water partition coefficient (Wildman–Crippen LogP) is 5.55. The zero-order chi connectivity index (χ0) is 25.1. The van der Waals surface area contributed by atoms with E-state index in [1.54, 1.807) is 0 Å². The van der Waals surface area contributed by atoms with E-state index < -0.39 is 23.3 Å². The van der Waals surface area contributed by atoms with Gasteiger partial charge in [0, 0.05) is 18.3 Å². The van der Waals surface area contributed by atoms with E-state index in [-0.39, 0.29) is 36.1 Å². The van der Waals surface area contributed by atoms with Gasteiger partial charge in [-0.1, -0.05) is 44.9 Å². The molecule has 0 radical (unpaired) electrons. The van der Waals surface area contributed by atoms with Crippen LogP contribution >= 0.6 is 0 Å². The average molecular weight is 505 g/mol. The van der Waals surface area contributed by atoms with Gasteiger partial charge >= 0.3 is 5.97 Å². The summed E-state index contributed by atoms with van der Waals surface area (Å²) in [6, 6.07) is 0. The first-order valence-corrected chi connectivity index (χ1v) is 14.5. The Morgan fingerprint density at radius 1 is 0.750 bits per heavy atom. The maximum absolute atomic E-state index is 13.9. The van der Waals surface area contributed by atoms with Crippen molar-refractivity contribution in [2.75, 3.05) is 6.61 Å². The minimum absolute atomic E-state index is 0.0118. The van der Waals surface area contributed by atoms with Gasteiger partial charge in [-0.05, 0) is 53.4 Å². The summed E-state index contributed by atoms with van der Waals surface area (Å²) >= 11 is 0. The highest BCUT2D eigenvalue weighted by molar-refractivity contribution is 5.91. The number of carbonyl (C=O) groups excluding carboxylic acids is 1. The van der Waals surface area contributed by atoms with E-state index in [1.807, 2.05) is 13.8 Å². The summed E-state index contributed by atoms with van der Waals surface area (Å²) in [5.41, 5.74) is -0.249. The van der Waals surface area contributed by atoms with Crippen LogP contribution in [0.2, 0.25) is 0 Å². The second-order valence-corrected chi connectivity index (χ2v) is 13.0. The summed E-state index contributed by atoms with van der Waals surface area (Å²) in [4.78, 5) is 13.9. The first-order valence-electron chi connectivity index (χ1n) is 14.5. The third-order valence-corrected chi connectivity index (χ3v) is 9.47. The van der Waals surface area contributed by atoms with Crippen LogP contribution in [0, 0.1) is 11.8 Å². The number of hydrogen-bond acceptors (Lipinski definition) is 7. The molecule has 7 heteroatoms. The van der Waals surface area contributed by atoms with Gasteiger partial charge in [0.15, 0.2) is 12.1 Å². The lowest BCUT2D eigenvalue weighted by Crippen LogP contribution is -2.60. The fraction of sp³-hybridized carbons (Fsp3) is 0.897. The quantitative estimate of drug-likeness (QED) is 0.401. The Morgan fingerprint density at radius 3 is 2.06 bits per heavy atom. The molecule has 6 aliphatic rings. The lowest BCUT2D eigenvalue weighted by atomic mass is 9.67. The number of esters is 1. The maximum Gasteiger partial charge on any atom is 0.338 e. The Balaban J connectivity index is 1.29. The molecule has 0 aromatic heterocycles. The third kappa shape index (κ3) is 4.42. The summed E-state index contributed by atoms with van der Waals surface area (Å²) in [5, 5.41) is 0. The van der Waals surface area contributed by atoms with E-state index in [2.05, 4.69) is 13.8 Å². The lowest BCUT2D eigenvalue weighted by molar-refractivity contribution is -0.251. The smallest absolute Gasteiger partial charge is 0.338 e. The van der Waals surface area contributed by atoms with Gasteiger partial charge in [0.05, 0.1) is 18.3 Å². The molecule has 1 spiro atoms. The van der Waals surface area contributed by atoms with Crippen molar-refractivity contribution in [3.63, 3.8) is 0 Å². The summed E-state index contributed by atoms with van der Waals surface area (Å²) in [6.07, 6.45) is 12.3. The van der Waals surface area contributed by atoms with Gasteiger partial charge < -0.3 is 28.4 Å². The fourth-order valence-electron chi connectivity index (χ4n) is 7.66. The summed E-state index contributed by atoms with van der Waals surface area (Å²) in [5.74, 6) is -0.254. The first kappa shape index (κ1) is 25.1. The van der Waals surface area contributed by atoms with Gasteiger partial charge in [-0.25, -0.2) is 4.79 Å². The number of hydrogen-bond donors (Lipinski definition) is 0. The van der Waals surface area contributed by atoms with Crippen LogP contribution in [0.25, 0.3) is 0 Å². The van der Waals surface area contributed by atoms with E-state index in [9.17, 15) is 4.79 Å². The molecular weight excluding hydrogens is 460 g/mol. The summed E-state index contributed by atoms with van der Waals surface area (Å²) in [7, 11) is 0. The second kappa shape index (κ2) is 9.25. The van der Waals surface area contributed by atoms with Crippen LogP contribution in [0.5, 0.6) is 0 Å². The largest absolute Gasteiger partial charge is 0.491 e. The van der Waals surface area contributed by atoms with Gasteiger partial charge in [-0.3, -0.25) is 0 Å². The van der Waals surface area contributed by atoms with Gasteiger partial charge in [-0.2, -0.15) is 0 Å². The molecule has 0 N–H and O–H groups in total. The van der Waals surface area contributed by atoms with Crippen molar-refractivity contribution < 1.29 is 33.2 Å². The molecule has 0 unspecified atom stereocenters. The summed E-state index contributed by atoms with van der Waals surface area (Å²) < 4.78 is 38.1. The van der Waals surface area contributed by atoms with Crippen molar-refractivity contribution in [1.29, 1.82) is 0 Å². The molecule has 6 atom stereocenters. The normalized spacial score (nSPS) is 41.6. The van der Waals surface area contributed by atoms with E-state index in [4.69, 9.17) is 28.4 Å².